The molecule has 0 radical (unpaired) electrons. The Morgan fingerprint density at radius 1 is 1.53 bits per heavy atom. The Hall–Kier alpha value is -1.35. The lowest BCUT2D eigenvalue weighted by Gasteiger charge is -2.14. The zero-order chi connectivity index (χ0) is 10.8. The van der Waals surface area contributed by atoms with Crippen LogP contribution in [-0.4, -0.2) is 17.6 Å². The summed E-state index contributed by atoms with van der Waals surface area (Å²) < 4.78 is 0. The summed E-state index contributed by atoms with van der Waals surface area (Å²) in [5.41, 5.74) is 2.68. The van der Waals surface area contributed by atoms with Crippen LogP contribution in [0.5, 0.6) is 0 Å². The lowest BCUT2D eigenvalue weighted by Crippen LogP contribution is -2.14. The van der Waals surface area contributed by atoms with Gasteiger partial charge in [0.1, 0.15) is 0 Å². The average molecular weight is 205 g/mol. The standard InChI is InChI=1S/C12H15NO2/c1-8-4-5-9(12(14)15)7-10(8)11-3-2-6-13-11/h4-5,7,11,13H,2-3,6H2,1H3,(H,14,15)/t11-/m0/s1. The van der Waals surface area contributed by atoms with Crippen LogP contribution in [-0.2, 0) is 0 Å². The van der Waals surface area contributed by atoms with Crippen molar-refractivity contribution in [2.24, 2.45) is 0 Å². The number of carbonyl (C=O) groups is 1. The lowest BCUT2D eigenvalue weighted by atomic mass is 9.97. The molecular formula is C12H15NO2. The number of carboxylic acid groups (broad SMARTS) is 1. The van der Waals surface area contributed by atoms with Crippen molar-refractivity contribution in [2.75, 3.05) is 6.54 Å². The molecular weight excluding hydrogens is 190 g/mol. The highest BCUT2D eigenvalue weighted by atomic mass is 16.4. The van der Waals surface area contributed by atoms with Crippen LogP contribution in [0.1, 0.15) is 40.4 Å². The summed E-state index contributed by atoms with van der Waals surface area (Å²) in [5, 5.41) is 12.3. The minimum atomic E-state index is -0.853. The molecule has 0 aromatic heterocycles. The summed E-state index contributed by atoms with van der Waals surface area (Å²) in [4.78, 5) is 10.9. The van der Waals surface area contributed by atoms with Gasteiger partial charge >= 0.3 is 5.97 Å². The quantitative estimate of drug-likeness (QED) is 0.777. The van der Waals surface area contributed by atoms with Crippen molar-refractivity contribution in [3.05, 3.63) is 34.9 Å². The highest BCUT2D eigenvalue weighted by Crippen LogP contribution is 2.26. The number of aryl methyl sites for hydroxylation is 1. The van der Waals surface area contributed by atoms with Crippen molar-refractivity contribution in [3.8, 4) is 0 Å². The molecule has 1 aromatic rings. The molecule has 3 nitrogen and oxygen atoms in total. The number of carboxylic acids is 1. The molecule has 1 saturated heterocycles. The Morgan fingerprint density at radius 3 is 2.93 bits per heavy atom. The maximum absolute atomic E-state index is 10.9. The van der Waals surface area contributed by atoms with E-state index < -0.39 is 5.97 Å². The van der Waals surface area contributed by atoms with Crippen LogP contribution in [0.25, 0.3) is 0 Å². The van der Waals surface area contributed by atoms with Crippen LogP contribution in [0.4, 0.5) is 0 Å². The number of aromatic carboxylic acids is 1. The average Bonchev–Trinajstić information content (AvgIpc) is 2.71. The van der Waals surface area contributed by atoms with E-state index in [9.17, 15) is 4.79 Å². The fraction of sp³-hybridized carbons (Fsp3) is 0.417. The summed E-state index contributed by atoms with van der Waals surface area (Å²) in [5.74, 6) is -0.853. The first-order valence-electron chi connectivity index (χ1n) is 5.25. The van der Waals surface area contributed by atoms with Crippen LogP contribution in [0.2, 0.25) is 0 Å². The van der Waals surface area contributed by atoms with E-state index in [0.717, 1.165) is 18.5 Å². The van der Waals surface area contributed by atoms with Crippen molar-refractivity contribution in [1.82, 2.24) is 5.32 Å². The molecule has 0 aliphatic carbocycles. The first-order valence-corrected chi connectivity index (χ1v) is 5.25. The Bertz CT molecular complexity index is 381. The van der Waals surface area contributed by atoms with Gasteiger partial charge in [0.15, 0.2) is 0 Å². The maximum atomic E-state index is 10.9. The maximum Gasteiger partial charge on any atom is 0.335 e. The van der Waals surface area contributed by atoms with E-state index in [4.69, 9.17) is 5.11 Å². The smallest absolute Gasteiger partial charge is 0.335 e. The van der Waals surface area contributed by atoms with Gasteiger partial charge in [0, 0.05) is 6.04 Å². The largest absolute Gasteiger partial charge is 0.478 e. The van der Waals surface area contributed by atoms with Crippen molar-refractivity contribution in [3.63, 3.8) is 0 Å². The van der Waals surface area contributed by atoms with Crippen LogP contribution >= 0.6 is 0 Å². The minimum absolute atomic E-state index is 0.337. The molecule has 0 amide bonds. The summed E-state index contributed by atoms with van der Waals surface area (Å²) >= 11 is 0. The van der Waals surface area contributed by atoms with E-state index in [2.05, 4.69) is 5.32 Å². The summed E-state index contributed by atoms with van der Waals surface area (Å²) in [6.45, 7) is 3.06. The third-order valence-corrected chi connectivity index (χ3v) is 2.96. The predicted octanol–water partition coefficient (Wildman–Crippen LogP) is 2.12. The van der Waals surface area contributed by atoms with Gasteiger partial charge in [-0.15, -0.1) is 0 Å². The third kappa shape index (κ3) is 2.02. The Morgan fingerprint density at radius 2 is 2.33 bits per heavy atom. The number of hydrogen-bond donors (Lipinski definition) is 2. The highest BCUT2D eigenvalue weighted by molar-refractivity contribution is 5.87. The van der Waals surface area contributed by atoms with Gasteiger partial charge in [-0.25, -0.2) is 4.79 Å². The van der Waals surface area contributed by atoms with Gasteiger partial charge in [0.25, 0.3) is 0 Å². The first-order chi connectivity index (χ1) is 7.18. The Balaban J connectivity index is 2.35. The summed E-state index contributed by atoms with van der Waals surface area (Å²) in [6, 6.07) is 5.68. The molecule has 1 atom stereocenters. The van der Waals surface area contributed by atoms with Gasteiger partial charge in [-0.05, 0) is 49.6 Å². The molecule has 1 heterocycles. The second kappa shape index (κ2) is 4.03. The monoisotopic (exact) mass is 205 g/mol. The fourth-order valence-corrected chi connectivity index (χ4v) is 2.10. The van der Waals surface area contributed by atoms with Gasteiger partial charge in [-0.2, -0.15) is 0 Å². The van der Waals surface area contributed by atoms with Crippen molar-refractivity contribution in [2.45, 2.75) is 25.8 Å². The Labute approximate surface area is 89.1 Å². The van der Waals surface area contributed by atoms with Gasteiger partial charge in [-0.3, -0.25) is 0 Å². The molecule has 2 rings (SSSR count). The number of rotatable bonds is 2. The van der Waals surface area contributed by atoms with Crippen LogP contribution < -0.4 is 5.32 Å². The zero-order valence-corrected chi connectivity index (χ0v) is 8.79. The highest BCUT2D eigenvalue weighted by Gasteiger charge is 2.19. The molecule has 15 heavy (non-hydrogen) atoms. The molecule has 1 aromatic carbocycles. The predicted molar refractivity (Wildman–Crippen MR) is 58.1 cm³/mol. The SMILES string of the molecule is Cc1ccc(C(=O)O)cc1[C@@H]1CCCN1. The molecule has 2 N–H and O–H groups in total. The van der Waals surface area contributed by atoms with Crippen LogP contribution in [0, 0.1) is 6.92 Å². The van der Waals surface area contributed by atoms with Gasteiger partial charge < -0.3 is 10.4 Å². The third-order valence-electron chi connectivity index (χ3n) is 2.96. The summed E-state index contributed by atoms with van der Waals surface area (Å²) in [7, 11) is 0. The van der Waals surface area contributed by atoms with Crippen LogP contribution in [0.3, 0.4) is 0 Å². The molecule has 0 saturated carbocycles. The van der Waals surface area contributed by atoms with E-state index in [1.807, 2.05) is 13.0 Å². The molecule has 0 unspecified atom stereocenters. The normalized spacial score (nSPS) is 20.5. The molecule has 80 valence electrons. The van der Waals surface area contributed by atoms with Crippen LogP contribution in [0.15, 0.2) is 18.2 Å². The van der Waals surface area contributed by atoms with E-state index in [1.54, 1.807) is 12.1 Å². The van der Waals surface area contributed by atoms with Gasteiger partial charge in [0.05, 0.1) is 5.56 Å². The summed E-state index contributed by atoms with van der Waals surface area (Å²) in [6.07, 6.45) is 2.27. The topological polar surface area (TPSA) is 49.3 Å². The van der Waals surface area contributed by atoms with Crippen molar-refractivity contribution in [1.29, 1.82) is 0 Å². The lowest BCUT2D eigenvalue weighted by molar-refractivity contribution is 0.0696. The minimum Gasteiger partial charge on any atom is -0.478 e. The first kappa shape index (κ1) is 10.2. The van der Waals surface area contributed by atoms with Gasteiger partial charge in [0.2, 0.25) is 0 Å². The number of nitrogens with one attached hydrogen (secondary N) is 1. The number of benzene rings is 1. The zero-order valence-electron chi connectivity index (χ0n) is 8.79. The second-order valence-corrected chi connectivity index (χ2v) is 4.03. The van der Waals surface area contributed by atoms with E-state index in [-0.39, 0.29) is 0 Å². The Kier molecular flexibility index (Phi) is 2.73. The van der Waals surface area contributed by atoms with E-state index in [1.165, 1.54) is 12.0 Å². The molecule has 3 heteroatoms. The molecule has 1 aliphatic heterocycles. The molecule has 0 bridgehead atoms. The number of hydrogen-bond acceptors (Lipinski definition) is 2. The van der Waals surface area contributed by atoms with Crippen molar-refractivity contribution < 1.29 is 9.90 Å². The molecule has 0 spiro atoms. The molecule has 1 fully saturated rings. The second-order valence-electron chi connectivity index (χ2n) is 4.03. The van der Waals surface area contributed by atoms with E-state index >= 15 is 0 Å². The fourth-order valence-electron chi connectivity index (χ4n) is 2.10. The van der Waals surface area contributed by atoms with Crippen molar-refractivity contribution >= 4 is 5.97 Å². The van der Waals surface area contributed by atoms with Gasteiger partial charge in [-0.1, -0.05) is 6.07 Å². The van der Waals surface area contributed by atoms with E-state index in [0.29, 0.717) is 11.6 Å². The molecule has 1 aliphatic rings.